The monoisotopic (exact) mass is 355 g/mol. The number of hydrogen-bond donors (Lipinski definition) is 0. The maximum atomic E-state index is 2.43. The molecule has 0 aliphatic carbocycles. The summed E-state index contributed by atoms with van der Waals surface area (Å²) < 4.78 is 0. The third kappa shape index (κ3) is 17.3. The molecule has 1 radical (unpaired) electrons. The highest BCUT2D eigenvalue weighted by molar-refractivity contribution is 14.0. The molecular formula is C14H32ISi. The van der Waals surface area contributed by atoms with Gasteiger partial charge in [0, 0.05) is 8.80 Å². The molecule has 0 aromatic carbocycles. The molecule has 0 saturated carbocycles. The average Bonchev–Trinajstić information content (AvgIpc) is 2.20. The predicted molar refractivity (Wildman–Crippen MR) is 89.5 cm³/mol. The highest BCUT2D eigenvalue weighted by atomic mass is 127. The van der Waals surface area contributed by atoms with Crippen LogP contribution in [0.5, 0.6) is 0 Å². The standard InChI is InChI=1S/C14H31Si.HI/c1-4-5-6-7-8-9-10-11-12-13-14-15(2)3;/h4-14H2,1-3H3;1H. The zero-order chi connectivity index (χ0) is 11.4. The molecule has 0 aliphatic heterocycles. The summed E-state index contributed by atoms with van der Waals surface area (Å²) in [7, 11) is 0.0582. The van der Waals surface area contributed by atoms with Gasteiger partial charge in [-0.2, -0.15) is 0 Å². The predicted octanol–water partition coefficient (Wildman–Crippen LogP) is 6.28. The van der Waals surface area contributed by atoms with E-state index in [2.05, 4.69) is 20.0 Å². The molecule has 0 fully saturated rings. The van der Waals surface area contributed by atoms with E-state index in [1.165, 1.54) is 70.3 Å². The SMILES string of the molecule is CCCCCCCCCCCC[Si](C)C.I. The first-order chi connectivity index (χ1) is 7.27. The third-order valence-corrected chi connectivity index (χ3v) is 4.38. The smallest absolute Gasteiger partial charge is 0.0412 e. The molecule has 0 spiro atoms. The van der Waals surface area contributed by atoms with Gasteiger partial charge in [-0.15, -0.1) is 24.0 Å². The van der Waals surface area contributed by atoms with Crippen LogP contribution >= 0.6 is 24.0 Å². The fourth-order valence-corrected chi connectivity index (χ4v) is 2.92. The van der Waals surface area contributed by atoms with Crippen molar-refractivity contribution >= 4 is 32.8 Å². The first-order valence-corrected chi connectivity index (χ1v) is 9.77. The van der Waals surface area contributed by atoms with Gasteiger partial charge in [-0.05, 0) is 0 Å². The molecule has 0 aliphatic rings. The Balaban J connectivity index is 0. The second-order valence-electron chi connectivity index (χ2n) is 5.14. The zero-order valence-corrected chi connectivity index (χ0v) is 15.0. The molecule has 0 atom stereocenters. The second kappa shape index (κ2) is 15.9. The molecule has 0 aromatic heterocycles. The van der Waals surface area contributed by atoms with E-state index >= 15 is 0 Å². The van der Waals surface area contributed by atoms with Crippen molar-refractivity contribution in [2.45, 2.75) is 90.3 Å². The van der Waals surface area contributed by atoms with Crippen molar-refractivity contribution < 1.29 is 0 Å². The number of halogens is 1. The molecule has 0 nitrogen and oxygen atoms in total. The minimum atomic E-state index is 0. The summed E-state index contributed by atoms with van der Waals surface area (Å²) in [4.78, 5) is 0. The molecule has 2 heteroatoms. The van der Waals surface area contributed by atoms with Crippen molar-refractivity contribution in [1.82, 2.24) is 0 Å². The molecule has 0 amide bonds. The van der Waals surface area contributed by atoms with Crippen LogP contribution < -0.4 is 0 Å². The van der Waals surface area contributed by atoms with Crippen LogP contribution in [0.25, 0.3) is 0 Å². The van der Waals surface area contributed by atoms with Gasteiger partial charge in [0.15, 0.2) is 0 Å². The quantitative estimate of drug-likeness (QED) is 0.232. The summed E-state index contributed by atoms with van der Waals surface area (Å²) in [6.45, 7) is 7.15. The van der Waals surface area contributed by atoms with Crippen molar-refractivity contribution in [2.24, 2.45) is 0 Å². The lowest BCUT2D eigenvalue weighted by Gasteiger charge is -2.03. The summed E-state index contributed by atoms with van der Waals surface area (Å²) >= 11 is 0. The van der Waals surface area contributed by atoms with Crippen LogP contribution in [0.15, 0.2) is 0 Å². The summed E-state index contributed by atoms with van der Waals surface area (Å²) in [5, 5.41) is 0. The number of hydrogen-bond acceptors (Lipinski definition) is 0. The van der Waals surface area contributed by atoms with E-state index in [9.17, 15) is 0 Å². The third-order valence-electron chi connectivity index (χ3n) is 3.03. The van der Waals surface area contributed by atoms with Gasteiger partial charge in [-0.1, -0.05) is 90.3 Å². The van der Waals surface area contributed by atoms with E-state index in [1.54, 1.807) is 0 Å². The molecule has 0 N–H and O–H groups in total. The molecule has 0 rings (SSSR count). The number of rotatable bonds is 11. The second-order valence-corrected chi connectivity index (χ2v) is 8.05. The molecule has 0 saturated heterocycles. The van der Waals surface area contributed by atoms with Gasteiger partial charge in [0.2, 0.25) is 0 Å². The highest BCUT2D eigenvalue weighted by Gasteiger charge is 1.96. The Morgan fingerprint density at radius 2 is 1.00 bits per heavy atom. The van der Waals surface area contributed by atoms with Crippen LogP contribution in [0.4, 0.5) is 0 Å². The zero-order valence-electron chi connectivity index (χ0n) is 11.7. The Morgan fingerprint density at radius 3 is 1.38 bits per heavy atom. The van der Waals surface area contributed by atoms with Gasteiger partial charge >= 0.3 is 0 Å². The van der Waals surface area contributed by atoms with Crippen LogP contribution in [0, 0.1) is 0 Å². The molecular weight excluding hydrogens is 323 g/mol. The van der Waals surface area contributed by atoms with Crippen LogP contribution in [-0.2, 0) is 0 Å². The van der Waals surface area contributed by atoms with Crippen molar-refractivity contribution in [3.05, 3.63) is 0 Å². The largest absolute Gasteiger partial charge is 0.107 e. The lowest BCUT2D eigenvalue weighted by atomic mass is 10.1. The van der Waals surface area contributed by atoms with E-state index in [0.717, 1.165) is 0 Å². The first kappa shape index (κ1) is 19.3. The molecule has 0 unspecified atom stereocenters. The van der Waals surface area contributed by atoms with Gasteiger partial charge in [0.05, 0.1) is 0 Å². The van der Waals surface area contributed by atoms with E-state index in [-0.39, 0.29) is 32.8 Å². The van der Waals surface area contributed by atoms with Crippen LogP contribution in [0.3, 0.4) is 0 Å². The summed E-state index contributed by atoms with van der Waals surface area (Å²) in [5.41, 5.74) is 0. The van der Waals surface area contributed by atoms with E-state index in [4.69, 9.17) is 0 Å². The topological polar surface area (TPSA) is 0 Å². The van der Waals surface area contributed by atoms with E-state index in [0.29, 0.717) is 0 Å². The molecule has 99 valence electrons. The average molecular weight is 355 g/mol. The van der Waals surface area contributed by atoms with Gasteiger partial charge in [0.25, 0.3) is 0 Å². The summed E-state index contributed by atoms with van der Waals surface area (Å²) in [6, 6.07) is 1.53. The van der Waals surface area contributed by atoms with Gasteiger partial charge < -0.3 is 0 Å². The Labute approximate surface area is 123 Å². The fraction of sp³-hybridized carbons (Fsp3) is 1.00. The van der Waals surface area contributed by atoms with Crippen LogP contribution in [-0.4, -0.2) is 8.80 Å². The minimum absolute atomic E-state index is 0. The Morgan fingerprint density at radius 1 is 0.625 bits per heavy atom. The minimum Gasteiger partial charge on any atom is -0.107 e. The van der Waals surface area contributed by atoms with Crippen molar-refractivity contribution in [3.8, 4) is 0 Å². The van der Waals surface area contributed by atoms with Crippen molar-refractivity contribution in [1.29, 1.82) is 0 Å². The lowest BCUT2D eigenvalue weighted by molar-refractivity contribution is 0.562. The van der Waals surface area contributed by atoms with Gasteiger partial charge in [-0.25, -0.2) is 0 Å². The maximum Gasteiger partial charge on any atom is 0.0412 e. The molecule has 16 heavy (non-hydrogen) atoms. The molecule has 0 heterocycles. The van der Waals surface area contributed by atoms with Crippen molar-refractivity contribution in [2.75, 3.05) is 0 Å². The van der Waals surface area contributed by atoms with E-state index in [1.807, 2.05) is 0 Å². The summed E-state index contributed by atoms with van der Waals surface area (Å²) in [5.74, 6) is 0. The van der Waals surface area contributed by atoms with Crippen LogP contribution in [0.2, 0.25) is 19.1 Å². The Bertz CT molecular complexity index is 115. The van der Waals surface area contributed by atoms with E-state index < -0.39 is 0 Å². The fourth-order valence-electron chi connectivity index (χ4n) is 1.97. The van der Waals surface area contributed by atoms with Crippen molar-refractivity contribution in [3.63, 3.8) is 0 Å². The Kier molecular flexibility index (Phi) is 19.2. The summed E-state index contributed by atoms with van der Waals surface area (Å²) in [6.07, 6.45) is 14.7. The normalized spacial score (nSPS) is 10.5. The maximum absolute atomic E-state index is 2.43. The lowest BCUT2D eigenvalue weighted by Crippen LogP contribution is -1.97. The van der Waals surface area contributed by atoms with Gasteiger partial charge in [0.1, 0.15) is 0 Å². The Hall–Kier alpha value is 0.947. The first-order valence-electron chi connectivity index (χ1n) is 7.06. The molecule has 0 bridgehead atoms. The van der Waals surface area contributed by atoms with Gasteiger partial charge in [-0.3, -0.25) is 0 Å². The van der Waals surface area contributed by atoms with Crippen LogP contribution in [0.1, 0.15) is 71.1 Å². The highest BCUT2D eigenvalue weighted by Crippen LogP contribution is 2.11. The number of unbranched alkanes of at least 4 members (excludes halogenated alkanes) is 9. The molecule has 0 aromatic rings.